The number of ketones is 1. The summed E-state index contributed by atoms with van der Waals surface area (Å²) in [6, 6.07) is 0. The van der Waals surface area contributed by atoms with Crippen LogP contribution in [0.3, 0.4) is 0 Å². The van der Waals surface area contributed by atoms with E-state index in [1.807, 2.05) is 5.92 Å². The standard InChI is InChI=1S/C10H10O/c1-2-10(11)6-4-3-5-9-7-8-9/h1,9H,3,5,7-8H2. The molecule has 0 heterocycles. The molecule has 1 aliphatic carbocycles. The molecule has 0 aromatic carbocycles. The molecule has 11 heavy (non-hydrogen) atoms. The second-order valence-electron chi connectivity index (χ2n) is 2.76. The van der Waals surface area contributed by atoms with Gasteiger partial charge in [0, 0.05) is 6.42 Å². The maximum absolute atomic E-state index is 10.5. The lowest BCUT2D eigenvalue weighted by Gasteiger charge is -1.84. The Balaban J connectivity index is 2.12. The molecule has 0 bridgehead atoms. The molecular formula is C10H10O. The Bertz CT molecular complexity index is 242. The van der Waals surface area contributed by atoms with Gasteiger partial charge in [0.2, 0.25) is 0 Å². The summed E-state index contributed by atoms with van der Waals surface area (Å²) in [4.78, 5) is 10.5. The van der Waals surface area contributed by atoms with Crippen LogP contribution in [0.1, 0.15) is 25.7 Å². The summed E-state index contributed by atoms with van der Waals surface area (Å²) in [5.41, 5.74) is 0. The lowest BCUT2D eigenvalue weighted by atomic mass is 10.2. The average Bonchev–Trinajstić information content (AvgIpc) is 2.81. The van der Waals surface area contributed by atoms with E-state index in [2.05, 4.69) is 11.8 Å². The molecule has 0 atom stereocenters. The quantitative estimate of drug-likeness (QED) is 0.425. The van der Waals surface area contributed by atoms with Gasteiger partial charge in [0.25, 0.3) is 5.78 Å². The van der Waals surface area contributed by atoms with Crippen LogP contribution in [0, 0.1) is 30.1 Å². The minimum Gasteiger partial charge on any atom is -0.270 e. The number of terminal acetylenes is 1. The predicted molar refractivity (Wildman–Crippen MR) is 43.6 cm³/mol. The molecule has 1 heteroatoms. The summed E-state index contributed by atoms with van der Waals surface area (Å²) in [6.45, 7) is 0. The van der Waals surface area contributed by atoms with Crippen molar-refractivity contribution in [2.45, 2.75) is 25.7 Å². The summed E-state index contributed by atoms with van der Waals surface area (Å²) in [6.07, 6.45) is 9.45. The Morgan fingerprint density at radius 3 is 2.82 bits per heavy atom. The van der Waals surface area contributed by atoms with Gasteiger partial charge in [-0.2, -0.15) is 0 Å². The van der Waals surface area contributed by atoms with Gasteiger partial charge in [-0.25, -0.2) is 0 Å². The number of Topliss-reactive ketones (excluding diaryl/α,β-unsaturated/α-hetero) is 1. The number of carbonyl (C=O) groups excluding carboxylic acids is 1. The molecule has 0 aromatic heterocycles. The maximum Gasteiger partial charge on any atom is 0.278 e. The fourth-order valence-corrected chi connectivity index (χ4v) is 0.862. The minimum absolute atomic E-state index is 0.402. The summed E-state index contributed by atoms with van der Waals surface area (Å²) in [5, 5.41) is 0. The Morgan fingerprint density at radius 2 is 2.27 bits per heavy atom. The first kappa shape index (κ1) is 7.89. The van der Waals surface area contributed by atoms with E-state index >= 15 is 0 Å². The van der Waals surface area contributed by atoms with E-state index in [0.29, 0.717) is 0 Å². The Labute approximate surface area is 67.2 Å². The van der Waals surface area contributed by atoms with Crippen molar-refractivity contribution >= 4 is 5.78 Å². The molecule has 1 saturated carbocycles. The molecule has 0 saturated heterocycles. The SMILES string of the molecule is C#CC(=O)C#CCCC1CC1. The van der Waals surface area contributed by atoms with Crippen molar-refractivity contribution in [3.63, 3.8) is 0 Å². The van der Waals surface area contributed by atoms with Gasteiger partial charge in [-0.05, 0) is 24.2 Å². The Kier molecular flexibility index (Phi) is 2.75. The van der Waals surface area contributed by atoms with Crippen molar-refractivity contribution in [2.24, 2.45) is 5.92 Å². The van der Waals surface area contributed by atoms with Crippen LogP contribution in [0.4, 0.5) is 0 Å². The molecule has 56 valence electrons. The number of hydrogen-bond donors (Lipinski definition) is 0. The molecule has 0 radical (unpaired) electrons. The monoisotopic (exact) mass is 146 g/mol. The zero-order chi connectivity index (χ0) is 8.10. The van der Waals surface area contributed by atoms with Crippen LogP contribution >= 0.6 is 0 Å². The lowest BCUT2D eigenvalue weighted by molar-refractivity contribution is -0.108. The van der Waals surface area contributed by atoms with Crippen LogP contribution in [-0.2, 0) is 4.79 Å². The fraction of sp³-hybridized carbons (Fsp3) is 0.500. The zero-order valence-corrected chi connectivity index (χ0v) is 6.39. The largest absolute Gasteiger partial charge is 0.278 e. The van der Waals surface area contributed by atoms with Crippen LogP contribution in [0.2, 0.25) is 0 Å². The highest BCUT2D eigenvalue weighted by molar-refractivity contribution is 6.08. The van der Waals surface area contributed by atoms with Gasteiger partial charge in [0.05, 0.1) is 0 Å². The molecule has 0 aliphatic heterocycles. The van der Waals surface area contributed by atoms with Crippen molar-refractivity contribution in [2.75, 3.05) is 0 Å². The minimum atomic E-state index is -0.402. The van der Waals surface area contributed by atoms with Crippen LogP contribution < -0.4 is 0 Å². The Morgan fingerprint density at radius 1 is 1.55 bits per heavy atom. The summed E-state index contributed by atoms with van der Waals surface area (Å²) >= 11 is 0. The highest BCUT2D eigenvalue weighted by atomic mass is 16.1. The first-order chi connectivity index (χ1) is 5.33. The topological polar surface area (TPSA) is 17.1 Å². The second kappa shape index (κ2) is 3.84. The summed E-state index contributed by atoms with van der Waals surface area (Å²) < 4.78 is 0. The zero-order valence-electron chi connectivity index (χ0n) is 6.39. The van der Waals surface area contributed by atoms with E-state index in [4.69, 9.17) is 6.42 Å². The molecular weight excluding hydrogens is 136 g/mol. The van der Waals surface area contributed by atoms with E-state index in [9.17, 15) is 4.79 Å². The van der Waals surface area contributed by atoms with Gasteiger partial charge in [-0.15, -0.1) is 6.42 Å². The summed E-state index contributed by atoms with van der Waals surface area (Å²) in [5.74, 6) is 7.59. The van der Waals surface area contributed by atoms with Crippen LogP contribution in [0.5, 0.6) is 0 Å². The highest BCUT2D eigenvalue weighted by Gasteiger charge is 2.19. The molecule has 0 N–H and O–H groups in total. The molecule has 0 spiro atoms. The molecule has 1 nitrogen and oxygen atoms in total. The van der Waals surface area contributed by atoms with E-state index in [-0.39, 0.29) is 0 Å². The van der Waals surface area contributed by atoms with Gasteiger partial charge in [0.1, 0.15) is 0 Å². The number of carbonyl (C=O) groups is 1. The van der Waals surface area contributed by atoms with Gasteiger partial charge in [-0.3, -0.25) is 4.79 Å². The van der Waals surface area contributed by atoms with Gasteiger partial charge >= 0.3 is 0 Å². The molecule has 1 aliphatic rings. The maximum atomic E-state index is 10.5. The van der Waals surface area contributed by atoms with Crippen molar-refractivity contribution in [3.05, 3.63) is 0 Å². The van der Waals surface area contributed by atoms with Crippen molar-refractivity contribution in [1.29, 1.82) is 0 Å². The third-order valence-corrected chi connectivity index (χ3v) is 1.71. The highest BCUT2D eigenvalue weighted by Crippen LogP contribution is 2.33. The number of hydrogen-bond acceptors (Lipinski definition) is 1. The van der Waals surface area contributed by atoms with E-state index in [1.165, 1.54) is 12.8 Å². The molecule has 1 rings (SSSR count). The normalized spacial score (nSPS) is 14.5. The Hall–Kier alpha value is -1.21. The van der Waals surface area contributed by atoms with E-state index in [1.54, 1.807) is 0 Å². The lowest BCUT2D eigenvalue weighted by Crippen LogP contribution is -1.84. The van der Waals surface area contributed by atoms with E-state index in [0.717, 1.165) is 18.8 Å². The van der Waals surface area contributed by atoms with E-state index < -0.39 is 5.78 Å². The molecule has 0 aromatic rings. The van der Waals surface area contributed by atoms with Gasteiger partial charge in [-0.1, -0.05) is 18.8 Å². The third-order valence-electron chi connectivity index (χ3n) is 1.71. The first-order valence-electron chi connectivity index (χ1n) is 3.82. The smallest absolute Gasteiger partial charge is 0.270 e. The first-order valence-corrected chi connectivity index (χ1v) is 3.82. The fourth-order valence-electron chi connectivity index (χ4n) is 0.862. The molecule has 1 fully saturated rings. The third kappa shape index (κ3) is 3.48. The van der Waals surface area contributed by atoms with Gasteiger partial charge < -0.3 is 0 Å². The van der Waals surface area contributed by atoms with Crippen molar-refractivity contribution in [3.8, 4) is 24.2 Å². The van der Waals surface area contributed by atoms with Crippen LogP contribution in [0.15, 0.2) is 0 Å². The molecule has 0 unspecified atom stereocenters. The van der Waals surface area contributed by atoms with Crippen molar-refractivity contribution in [1.82, 2.24) is 0 Å². The van der Waals surface area contributed by atoms with Crippen LogP contribution in [-0.4, -0.2) is 5.78 Å². The number of rotatable bonds is 2. The predicted octanol–water partition coefficient (Wildman–Crippen LogP) is 1.38. The average molecular weight is 146 g/mol. The van der Waals surface area contributed by atoms with Crippen LogP contribution in [0.25, 0.3) is 0 Å². The second-order valence-corrected chi connectivity index (χ2v) is 2.76. The molecule has 0 amide bonds. The van der Waals surface area contributed by atoms with Gasteiger partial charge in [0.15, 0.2) is 0 Å². The van der Waals surface area contributed by atoms with Crippen molar-refractivity contribution < 1.29 is 4.79 Å². The summed E-state index contributed by atoms with van der Waals surface area (Å²) in [7, 11) is 0.